The van der Waals surface area contributed by atoms with Crippen molar-refractivity contribution in [3.8, 4) is 0 Å². The molecule has 70 valence electrons. The molecular formula is C9H10F2N2. The quantitative estimate of drug-likeness (QED) is 0.696. The Balaban J connectivity index is 1.94. The zero-order chi connectivity index (χ0) is 9.26. The van der Waals surface area contributed by atoms with E-state index in [4.69, 9.17) is 0 Å². The lowest BCUT2D eigenvalue weighted by atomic mass is 10.0. The summed E-state index contributed by atoms with van der Waals surface area (Å²) in [6.45, 7) is 0.851. The molecule has 1 aromatic heterocycles. The predicted molar refractivity (Wildman–Crippen MR) is 45.9 cm³/mol. The van der Waals surface area contributed by atoms with Gasteiger partial charge in [0.15, 0.2) is 0 Å². The normalized spacial score (nSPS) is 17.6. The van der Waals surface area contributed by atoms with Gasteiger partial charge >= 0.3 is 0 Å². The van der Waals surface area contributed by atoms with Crippen molar-refractivity contribution in [1.82, 2.24) is 4.98 Å². The fraction of sp³-hybridized carbons (Fsp3) is 0.444. The molecule has 0 atom stereocenters. The third kappa shape index (κ3) is 1.61. The molecule has 0 radical (unpaired) electrons. The van der Waals surface area contributed by atoms with Crippen molar-refractivity contribution < 1.29 is 8.78 Å². The topological polar surface area (TPSA) is 16.1 Å². The molecule has 2 nitrogen and oxygen atoms in total. The van der Waals surface area contributed by atoms with Gasteiger partial charge in [-0.2, -0.15) is 0 Å². The zero-order valence-electron chi connectivity index (χ0n) is 7.03. The minimum atomic E-state index is -2.19. The van der Waals surface area contributed by atoms with E-state index in [2.05, 4.69) is 4.98 Å². The van der Waals surface area contributed by atoms with E-state index in [-0.39, 0.29) is 0 Å². The van der Waals surface area contributed by atoms with E-state index in [1.54, 1.807) is 6.20 Å². The number of nitrogens with zero attached hydrogens (tertiary/aromatic N) is 2. The largest absolute Gasteiger partial charge is 0.355 e. The van der Waals surface area contributed by atoms with Crippen LogP contribution in [-0.4, -0.2) is 24.5 Å². The van der Waals surface area contributed by atoms with Gasteiger partial charge in [-0.1, -0.05) is 6.07 Å². The van der Waals surface area contributed by atoms with Crippen molar-refractivity contribution in [3.05, 3.63) is 24.4 Å². The van der Waals surface area contributed by atoms with Gasteiger partial charge in [0.05, 0.1) is 5.92 Å². The Morgan fingerprint density at radius 2 is 2.15 bits per heavy atom. The van der Waals surface area contributed by atoms with Gasteiger partial charge < -0.3 is 4.90 Å². The summed E-state index contributed by atoms with van der Waals surface area (Å²) >= 11 is 0. The third-order valence-electron chi connectivity index (χ3n) is 2.24. The van der Waals surface area contributed by atoms with E-state index < -0.39 is 12.3 Å². The van der Waals surface area contributed by atoms with Gasteiger partial charge in [-0.25, -0.2) is 13.8 Å². The van der Waals surface area contributed by atoms with E-state index >= 15 is 0 Å². The molecule has 0 spiro atoms. The Kier molecular flexibility index (Phi) is 2.12. The predicted octanol–water partition coefficient (Wildman–Crippen LogP) is 1.78. The van der Waals surface area contributed by atoms with Crippen LogP contribution in [0.4, 0.5) is 14.6 Å². The molecule has 4 heteroatoms. The molecule has 0 N–H and O–H groups in total. The maximum Gasteiger partial charge on any atom is 0.244 e. The summed E-state index contributed by atoms with van der Waals surface area (Å²) < 4.78 is 24.2. The second-order valence-electron chi connectivity index (χ2n) is 3.19. The first-order chi connectivity index (χ1) is 6.27. The number of anilines is 1. The fourth-order valence-corrected chi connectivity index (χ4v) is 1.40. The van der Waals surface area contributed by atoms with Gasteiger partial charge in [0.1, 0.15) is 5.82 Å². The minimum Gasteiger partial charge on any atom is -0.355 e. The van der Waals surface area contributed by atoms with Crippen LogP contribution in [0.1, 0.15) is 0 Å². The van der Waals surface area contributed by atoms with Gasteiger partial charge in [0, 0.05) is 19.3 Å². The van der Waals surface area contributed by atoms with Crippen LogP contribution in [0, 0.1) is 5.92 Å². The van der Waals surface area contributed by atoms with Crippen LogP contribution in [-0.2, 0) is 0 Å². The van der Waals surface area contributed by atoms with Crippen LogP contribution >= 0.6 is 0 Å². The first kappa shape index (κ1) is 8.41. The van der Waals surface area contributed by atoms with Crippen molar-refractivity contribution in [2.24, 2.45) is 5.92 Å². The molecule has 0 aliphatic carbocycles. The minimum absolute atomic E-state index is 0.425. The van der Waals surface area contributed by atoms with E-state index in [1.165, 1.54) is 0 Å². The van der Waals surface area contributed by atoms with Crippen LogP contribution in [0.2, 0.25) is 0 Å². The Hall–Kier alpha value is -1.19. The lowest BCUT2D eigenvalue weighted by Gasteiger charge is -2.39. The molecule has 2 heterocycles. The molecule has 1 aliphatic rings. The van der Waals surface area contributed by atoms with Crippen molar-refractivity contribution in [1.29, 1.82) is 0 Å². The van der Waals surface area contributed by atoms with E-state index in [0.29, 0.717) is 13.1 Å². The number of rotatable bonds is 2. The monoisotopic (exact) mass is 184 g/mol. The number of aromatic nitrogens is 1. The summed E-state index contributed by atoms with van der Waals surface area (Å²) in [6, 6.07) is 5.51. The molecule has 0 amide bonds. The summed E-state index contributed by atoms with van der Waals surface area (Å²) in [7, 11) is 0. The molecule has 13 heavy (non-hydrogen) atoms. The van der Waals surface area contributed by atoms with Gasteiger partial charge in [-0.05, 0) is 12.1 Å². The molecular weight excluding hydrogens is 174 g/mol. The molecule has 0 saturated carbocycles. The number of alkyl halides is 2. The van der Waals surface area contributed by atoms with Crippen LogP contribution in [0.15, 0.2) is 24.4 Å². The van der Waals surface area contributed by atoms with Crippen LogP contribution < -0.4 is 4.90 Å². The Bertz CT molecular complexity index is 270. The summed E-state index contributed by atoms with van der Waals surface area (Å²) in [5.41, 5.74) is 0. The van der Waals surface area contributed by atoms with Crippen molar-refractivity contribution >= 4 is 5.82 Å². The molecule has 2 rings (SSSR count). The molecule has 1 fully saturated rings. The van der Waals surface area contributed by atoms with Crippen LogP contribution in [0.25, 0.3) is 0 Å². The zero-order valence-corrected chi connectivity index (χ0v) is 7.03. The smallest absolute Gasteiger partial charge is 0.244 e. The average Bonchev–Trinajstić information content (AvgIpc) is 2.02. The first-order valence-corrected chi connectivity index (χ1v) is 4.21. The van der Waals surface area contributed by atoms with Gasteiger partial charge in [0.2, 0.25) is 6.43 Å². The number of hydrogen-bond donors (Lipinski definition) is 0. The second-order valence-corrected chi connectivity index (χ2v) is 3.19. The summed E-state index contributed by atoms with van der Waals surface area (Å²) in [5.74, 6) is 0.321. The molecule has 1 aromatic rings. The lowest BCUT2D eigenvalue weighted by Crippen LogP contribution is -2.50. The van der Waals surface area contributed by atoms with E-state index in [9.17, 15) is 8.78 Å². The van der Waals surface area contributed by atoms with Gasteiger partial charge in [-0.15, -0.1) is 0 Å². The highest BCUT2D eigenvalue weighted by Gasteiger charge is 2.34. The number of pyridine rings is 1. The summed E-state index contributed by atoms with van der Waals surface area (Å²) in [4.78, 5) is 5.93. The maximum absolute atomic E-state index is 12.1. The molecule has 1 saturated heterocycles. The summed E-state index contributed by atoms with van der Waals surface area (Å²) in [5, 5.41) is 0. The highest BCUT2D eigenvalue weighted by atomic mass is 19.3. The Labute approximate surface area is 75.2 Å². The molecule has 0 bridgehead atoms. The molecule has 1 aliphatic heterocycles. The summed E-state index contributed by atoms with van der Waals surface area (Å²) in [6.07, 6.45) is -0.523. The average molecular weight is 184 g/mol. The number of hydrogen-bond acceptors (Lipinski definition) is 2. The molecule has 0 unspecified atom stereocenters. The SMILES string of the molecule is FC(F)C1CN(c2ccccn2)C1. The van der Waals surface area contributed by atoms with Gasteiger partial charge in [0.25, 0.3) is 0 Å². The van der Waals surface area contributed by atoms with Crippen LogP contribution in [0.3, 0.4) is 0 Å². The fourth-order valence-electron chi connectivity index (χ4n) is 1.40. The molecule has 0 aromatic carbocycles. The third-order valence-corrected chi connectivity index (χ3v) is 2.24. The van der Waals surface area contributed by atoms with Crippen molar-refractivity contribution in [3.63, 3.8) is 0 Å². The number of halogens is 2. The van der Waals surface area contributed by atoms with E-state index in [1.807, 2.05) is 23.1 Å². The first-order valence-electron chi connectivity index (χ1n) is 4.21. The second kappa shape index (κ2) is 3.28. The van der Waals surface area contributed by atoms with Gasteiger partial charge in [-0.3, -0.25) is 0 Å². The van der Waals surface area contributed by atoms with Crippen molar-refractivity contribution in [2.75, 3.05) is 18.0 Å². The maximum atomic E-state index is 12.1. The standard InChI is InChI=1S/C9H10F2N2/c10-9(11)7-5-13(6-7)8-3-1-2-4-12-8/h1-4,7,9H,5-6H2. The van der Waals surface area contributed by atoms with Crippen molar-refractivity contribution in [2.45, 2.75) is 6.43 Å². The highest BCUT2D eigenvalue weighted by molar-refractivity contribution is 5.40. The highest BCUT2D eigenvalue weighted by Crippen LogP contribution is 2.26. The van der Waals surface area contributed by atoms with Crippen LogP contribution in [0.5, 0.6) is 0 Å². The Morgan fingerprint density at radius 3 is 2.69 bits per heavy atom. The Morgan fingerprint density at radius 1 is 1.38 bits per heavy atom. The van der Waals surface area contributed by atoms with E-state index in [0.717, 1.165) is 5.82 Å². The lowest BCUT2D eigenvalue weighted by molar-refractivity contribution is 0.0611.